The molecule has 2 heterocycles. The fourth-order valence-corrected chi connectivity index (χ4v) is 4.45. The molecule has 6 nitrogen and oxygen atoms in total. The fourth-order valence-electron chi connectivity index (χ4n) is 4.45. The van der Waals surface area contributed by atoms with Gasteiger partial charge in [-0.1, -0.05) is 36.1 Å². The Labute approximate surface area is 209 Å². The molecule has 0 aromatic heterocycles. The molecule has 0 saturated carbocycles. The van der Waals surface area contributed by atoms with E-state index in [0.717, 1.165) is 67.5 Å². The predicted octanol–water partition coefficient (Wildman–Crippen LogP) is 4.80. The van der Waals surface area contributed by atoms with Gasteiger partial charge < -0.3 is 30.4 Å². The SMILES string of the molecule is NCc1cc2c(cc1-c1ccc(C#Cc3ccc(-c4cc5c(cc4CN)OCO5)cc3)cc1)OCO2. The topological polar surface area (TPSA) is 89.0 Å². The van der Waals surface area contributed by atoms with E-state index in [9.17, 15) is 0 Å². The summed E-state index contributed by atoms with van der Waals surface area (Å²) in [6.07, 6.45) is 0. The Kier molecular flexibility index (Phi) is 5.70. The van der Waals surface area contributed by atoms with E-state index in [1.807, 2.05) is 48.5 Å². The van der Waals surface area contributed by atoms with Gasteiger partial charge in [-0.3, -0.25) is 0 Å². The molecule has 6 rings (SSSR count). The van der Waals surface area contributed by atoms with Crippen LogP contribution in [0.15, 0.2) is 72.8 Å². The largest absolute Gasteiger partial charge is 0.454 e. The van der Waals surface area contributed by atoms with Gasteiger partial charge in [0, 0.05) is 24.2 Å². The summed E-state index contributed by atoms with van der Waals surface area (Å²) in [4.78, 5) is 0. The van der Waals surface area contributed by atoms with Crippen LogP contribution >= 0.6 is 0 Å². The van der Waals surface area contributed by atoms with Crippen molar-refractivity contribution in [1.29, 1.82) is 0 Å². The Morgan fingerprint density at radius 1 is 0.528 bits per heavy atom. The van der Waals surface area contributed by atoms with Crippen LogP contribution in [-0.4, -0.2) is 13.6 Å². The summed E-state index contributed by atoms with van der Waals surface area (Å²) in [5.74, 6) is 9.47. The molecule has 4 N–H and O–H groups in total. The summed E-state index contributed by atoms with van der Waals surface area (Å²) < 4.78 is 22.0. The third kappa shape index (κ3) is 4.11. The van der Waals surface area contributed by atoms with Crippen molar-refractivity contribution in [2.45, 2.75) is 13.1 Å². The summed E-state index contributed by atoms with van der Waals surface area (Å²) in [7, 11) is 0. The lowest BCUT2D eigenvalue weighted by Gasteiger charge is -2.10. The van der Waals surface area contributed by atoms with Crippen molar-refractivity contribution < 1.29 is 18.9 Å². The highest BCUT2D eigenvalue weighted by Crippen LogP contribution is 2.40. The average molecular weight is 477 g/mol. The maximum Gasteiger partial charge on any atom is 0.231 e. The van der Waals surface area contributed by atoms with Gasteiger partial charge in [0.2, 0.25) is 13.6 Å². The van der Waals surface area contributed by atoms with Gasteiger partial charge in [-0.15, -0.1) is 0 Å². The van der Waals surface area contributed by atoms with Gasteiger partial charge in [0.1, 0.15) is 0 Å². The van der Waals surface area contributed by atoms with E-state index in [1.165, 1.54) is 0 Å². The molecule has 36 heavy (non-hydrogen) atoms. The van der Waals surface area contributed by atoms with Crippen molar-refractivity contribution in [2.24, 2.45) is 11.5 Å². The molecular formula is C30H24N2O4. The summed E-state index contributed by atoms with van der Waals surface area (Å²) in [5, 5.41) is 0. The molecule has 4 aromatic rings. The highest BCUT2D eigenvalue weighted by atomic mass is 16.7. The summed E-state index contributed by atoms with van der Waals surface area (Å²) in [5.41, 5.74) is 20.0. The Balaban J connectivity index is 1.22. The maximum absolute atomic E-state index is 5.98. The van der Waals surface area contributed by atoms with Crippen molar-refractivity contribution in [3.8, 4) is 57.1 Å². The molecule has 0 radical (unpaired) electrons. The molecule has 6 heteroatoms. The van der Waals surface area contributed by atoms with Crippen LogP contribution < -0.4 is 30.4 Å². The fraction of sp³-hybridized carbons (Fsp3) is 0.133. The molecule has 4 aromatic carbocycles. The van der Waals surface area contributed by atoms with Crippen LogP contribution in [0.1, 0.15) is 22.3 Å². The second-order valence-corrected chi connectivity index (χ2v) is 8.54. The second kappa shape index (κ2) is 9.31. The lowest BCUT2D eigenvalue weighted by molar-refractivity contribution is 0.173. The number of rotatable bonds is 4. The van der Waals surface area contributed by atoms with Crippen LogP contribution in [0.4, 0.5) is 0 Å². The predicted molar refractivity (Wildman–Crippen MR) is 138 cm³/mol. The Bertz CT molecular complexity index is 1390. The molecule has 0 bridgehead atoms. The van der Waals surface area contributed by atoms with Crippen molar-refractivity contribution in [3.05, 3.63) is 95.1 Å². The van der Waals surface area contributed by atoms with Gasteiger partial charge in [-0.05, 0) is 81.9 Å². The van der Waals surface area contributed by atoms with Crippen LogP contribution in [0.3, 0.4) is 0 Å². The average Bonchev–Trinajstić information content (AvgIpc) is 3.59. The second-order valence-electron chi connectivity index (χ2n) is 8.54. The first-order valence-electron chi connectivity index (χ1n) is 11.7. The van der Waals surface area contributed by atoms with Crippen molar-refractivity contribution in [1.82, 2.24) is 0 Å². The zero-order valence-electron chi connectivity index (χ0n) is 19.5. The van der Waals surface area contributed by atoms with E-state index in [4.69, 9.17) is 30.4 Å². The number of nitrogens with two attached hydrogens (primary N) is 2. The van der Waals surface area contributed by atoms with E-state index in [1.54, 1.807) is 0 Å². The van der Waals surface area contributed by atoms with Gasteiger partial charge in [-0.2, -0.15) is 0 Å². The van der Waals surface area contributed by atoms with E-state index in [0.29, 0.717) is 13.1 Å². The Morgan fingerprint density at radius 3 is 1.25 bits per heavy atom. The van der Waals surface area contributed by atoms with Crippen molar-refractivity contribution >= 4 is 0 Å². The number of benzene rings is 4. The lowest BCUT2D eigenvalue weighted by Crippen LogP contribution is -1.99. The third-order valence-electron chi connectivity index (χ3n) is 6.38. The molecule has 2 aliphatic heterocycles. The third-order valence-corrected chi connectivity index (χ3v) is 6.38. The summed E-state index contributed by atoms with van der Waals surface area (Å²) >= 11 is 0. The van der Waals surface area contributed by atoms with Gasteiger partial charge in [0.25, 0.3) is 0 Å². The van der Waals surface area contributed by atoms with E-state index < -0.39 is 0 Å². The van der Waals surface area contributed by atoms with Gasteiger partial charge in [-0.25, -0.2) is 0 Å². The minimum absolute atomic E-state index is 0.239. The van der Waals surface area contributed by atoms with E-state index in [-0.39, 0.29) is 13.6 Å². The molecule has 0 aliphatic carbocycles. The first-order valence-corrected chi connectivity index (χ1v) is 11.7. The maximum atomic E-state index is 5.98. The van der Waals surface area contributed by atoms with Crippen molar-refractivity contribution in [3.63, 3.8) is 0 Å². The smallest absolute Gasteiger partial charge is 0.231 e. The molecule has 178 valence electrons. The first kappa shape index (κ1) is 22.1. The van der Waals surface area contributed by atoms with Crippen LogP contribution in [0.2, 0.25) is 0 Å². The minimum Gasteiger partial charge on any atom is -0.454 e. The zero-order chi connectivity index (χ0) is 24.5. The summed E-state index contributed by atoms with van der Waals surface area (Å²) in [6.45, 7) is 1.32. The lowest BCUT2D eigenvalue weighted by atomic mass is 9.97. The van der Waals surface area contributed by atoms with Crippen LogP contribution in [-0.2, 0) is 13.1 Å². The Hall–Kier alpha value is -4.44. The van der Waals surface area contributed by atoms with Crippen LogP contribution in [0.25, 0.3) is 22.3 Å². The van der Waals surface area contributed by atoms with Crippen LogP contribution in [0, 0.1) is 11.8 Å². The van der Waals surface area contributed by atoms with E-state index >= 15 is 0 Å². The number of fused-ring (bicyclic) bond motifs is 2. The quantitative estimate of drug-likeness (QED) is 0.412. The molecule has 0 spiro atoms. The van der Waals surface area contributed by atoms with Gasteiger partial charge in [0.05, 0.1) is 0 Å². The molecular weight excluding hydrogens is 452 g/mol. The monoisotopic (exact) mass is 476 g/mol. The molecule has 0 fully saturated rings. The summed E-state index contributed by atoms with van der Waals surface area (Å²) in [6, 6.07) is 24.2. The Morgan fingerprint density at radius 2 is 0.889 bits per heavy atom. The molecule has 0 atom stereocenters. The highest BCUT2D eigenvalue weighted by Gasteiger charge is 2.18. The molecule has 0 unspecified atom stereocenters. The normalized spacial score (nSPS) is 12.8. The number of hydrogen-bond acceptors (Lipinski definition) is 6. The highest BCUT2D eigenvalue weighted by molar-refractivity contribution is 5.73. The van der Waals surface area contributed by atoms with Gasteiger partial charge in [0.15, 0.2) is 23.0 Å². The number of ether oxygens (including phenoxy) is 4. The molecule has 0 amide bonds. The first-order chi connectivity index (χ1) is 17.7. The van der Waals surface area contributed by atoms with Crippen LogP contribution in [0.5, 0.6) is 23.0 Å². The standard InChI is InChI=1S/C30H24N2O4/c31-15-23-11-27-29(35-17-33-27)13-25(23)21-7-3-19(4-8-21)1-2-20-5-9-22(10-6-20)26-14-30-28(34-18-36-30)12-24(26)16-32/h3-14H,15-18,31-32H2. The van der Waals surface area contributed by atoms with E-state index in [2.05, 4.69) is 36.1 Å². The van der Waals surface area contributed by atoms with Gasteiger partial charge >= 0.3 is 0 Å². The minimum atomic E-state index is 0.239. The number of hydrogen-bond donors (Lipinski definition) is 2. The molecule has 2 aliphatic rings. The molecule has 0 saturated heterocycles. The van der Waals surface area contributed by atoms with Crippen molar-refractivity contribution in [2.75, 3.05) is 13.6 Å². The zero-order valence-corrected chi connectivity index (χ0v) is 19.5.